The molecule has 0 aromatic heterocycles. The molecular weight excluding hydrogens is 212 g/mol. The van der Waals surface area contributed by atoms with Crippen molar-refractivity contribution >= 4 is 23.6 Å². The Morgan fingerprint density at radius 2 is 2.33 bits per heavy atom. The van der Waals surface area contributed by atoms with Crippen LogP contribution in [0.25, 0.3) is 0 Å². The van der Waals surface area contributed by atoms with Crippen molar-refractivity contribution in [2.75, 3.05) is 18.6 Å². The Labute approximate surface area is 93.8 Å². The summed E-state index contributed by atoms with van der Waals surface area (Å²) < 4.78 is 0. The summed E-state index contributed by atoms with van der Waals surface area (Å²) in [6.07, 6.45) is 4.54. The van der Waals surface area contributed by atoms with Gasteiger partial charge >= 0.3 is 0 Å². The standard InChI is InChI=1S/C10H16N2O2S/c1-15-6-4-7-10(14)12-5-2-3-8(12)9(13)11-7/h7-8H,2-6H2,1H3,(H,11,13)/t7-,8?/m0/s1. The predicted molar refractivity (Wildman–Crippen MR) is 59.7 cm³/mol. The second kappa shape index (κ2) is 4.43. The zero-order valence-corrected chi connectivity index (χ0v) is 9.68. The van der Waals surface area contributed by atoms with Crippen LogP contribution >= 0.6 is 11.8 Å². The SMILES string of the molecule is CSCC[C@@H]1NC(=O)C2CCCN2C1=O. The Kier molecular flexibility index (Phi) is 3.19. The normalized spacial score (nSPS) is 30.3. The first kappa shape index (κ1) is 10.8. The monoisotopic (exact) mass is 228 g/mol. The van der Waals surface area contributed by atoms with Crippen LogP contribution in [0.1, 0.15) is 19.3 Å². The number of carbonyl (C=O) groups excluding carboxylic acids is 2. The lowest BCUT2D eigenvalue weighted by molar-refractivity contribution is -0.147. The second-order valence-electron chi connectivity index (χ2n) is 4.03. The highest BCUT2D eigenvalue weighted by atomic mass is 32.2. The molecule has 5 heteroatoms. The number of nitrogens with zero attached hydrogens (tertiary/aromatic N) is 1. The van der Waals surface area contributed by atoms with Crippen LogP contribution in [-0.2, 0) is 9.59 Å². The van der Waals surface area contributed by atoms with Gasteiger partial charge in [0.15, 0.2) is 0 Å². The van der Waals surface area contributed by atoms with Gasteiger partial charge in [-0.05, 0) is 31.3 Å². The lowest BCUT2D eigenvalue weighted by Crippen LogP contribution is -2.61. The number of nitrogens with one attached hydrogen (secondary N) is 1. The molecule has 0 aliphatic carbocycles. The fourth-order valence-corrected chi connectivity index (χ4v) is 2.74. The van der Waals surface area contributed by atoms with E-state index in [0.29, 0.717) is 0 Å². The van der Waals surface area contributed by atoms with Crippen LogP contribution < -0.4 is 5.32 Å². The number of fused-ring (bicyclic) bond motifs is 1. The molecule has 4 nitrogen and oxygen atoms in total. The summed E-state index contributed by atoms with van der Waals surface area (Å²) in [6, 6.07) is -0.456. The van der Waals surface area contributed by atoms with E-state index in [9.17, 15) is 9.59 Å². The predicted octanol–water partition coefficient (Wildman–Crippen LogP) is 0.229. The summed E-state index contributed by atoms with van der Waals surface area (Å²) in [7, 11) is 0. The quantitative estimate of drug-likeness (QED) is 0.752. The molecule has 0 bridgehead atoms. The van der Waals surface area contributed by atoms with Gasteiger partial charge in [0.05, 0.1) is 0 Å². The minimum Gasteiger partial charge on any atom is -0.342 e. The van der Waals surface area contributed by atoms with E-state index in [2.05, 4.69) is 5.32 Å². The lowest BCUT2D eigenvalue weighted by Gasteiger charge is -2.34. The first-order valence-electron chi connectivity index (χ1n) is 5.34. The molecule has 2 atom stereocenters. The third-order valence-electron chi connectivity index (χ3n) is 3.06. The summed E-state index contributed by atoms with van der Waals surface area (Å²) in [4.78, 5) is 25.4. The van der Waals surface area contributed by atoms with Crippen molar-refractivity contribution in [1.29, 1.82) is 0 Å². The van der Waals surface area contributed by atoms with Crippen molar-refractivity contribution in [3.05, 3.63) is 0 Å². The van der Waals surface area contributed by atoms with E-state index in [1.54, 1.807) is 16.7 Å². The van der Waals surface area contributed by atoms with Crippen molar-refractivity contribution in [2.24, 2.45) is 0 Å². The van der Waals surface area contributed by atoms with Gasteiger partial charge in [-0.3, -0.25) is 9.59 Å². The van der Waals surface area contributed by atoms with Gasteiger partial charge in [-0.1, -0.05) is 0 Å². The molecule has 0 spiro atoms. The van der Waals surface area contributed by atoms with Gasteiger partial charge in [0.25, 0.3) is 0 Å². The molecule has 2 fully saturated rings. The molecule has 0 aromatic rings. The Bertz CT molecular complexity index is 283. The van der Waals surface area contributed by atoms with Gasteiger partial charge in [-0.15, -0.1) is 0 Å². The molecule has 2 heterocycles. The van der Waals surface area contributed by atoms with Crippen LogP contribution in [0.3, 0.4) is 0 Å². The zero-order valence-electron chi connectivity index (χ0n) is 8.86. The maximum Gasteiger partial charge on any atom is 0.245 e. The number of carbonyl (C=O) groups is 2. The summed E-state index contributed by atoms with van der Waals surface area (Å²) >= 11 is 1.70. The maximum absolute atomic E-state index is 12.0. The fourth-order valence-electron chi connectivity index (χ4n) is 2.26. The van der Waals surface area contributed by atoms with Crippen LogP contribution in [0, 0.1) is 0 Å². The molecule has 0 radical (unpaired) electrons. The molecule has 15 heavy (non-hydrogen) atoms. The second-order valence-corrected chi connectivity index (χ2v) is 5.02. The molecule has 0 aromatic carbocycles. The van der Waals surface area contributed by atoms with Crippen molar-refractivity contribution in [1.82, 2.24) is 10.2 Å². The largest absolute Gasteiger partial charge is 0.342 e. The van der Waals surface area contributed by atoms with Gasteiger partial charge in [0.1, 0.15) is 12.1 Å². The minimum absolute atomic E-state index is 0.0400. The molecule has 0 saturated carbocycles. The first-order valence-corrected chi connectivity index (χ1v) is 6.73. The topological polar surface area (TPSA) is 49.4 Å². The van der Waals surface area contributed by atoms with E-state index in [1.807, 2.05) is 6.26 Å². The molecule has 2 aliphatic rings. The van der Waals surface area contributed by atoms with E-state index in [4.69, 9.17) is 0 Å². The Hall–Kier alpha value is -0.710. The van der Waals surface area contributed by atoms with Gasteiger partial charge in [0.2, 0.25) is 11.8 Å². The average Bonchev–Trinajstić information content (AvgIpc) is 2.70. The Morgan fingerprint density at radius 1 is 1.53 bits per heavy atom. The average molecular weight is 228 g/mol. The van der Waals surface area contributed by atoms with Crippen LogP contribution in [0.2, 0.25) is 0 Å². The number of hydrogen-bond donors (Lipinski definition) is 1. The van der Waals surface area contributed by atoms with E-state index in [0.717, 1.165) is 31.6 Å². The van der Waals surface area contributed by atoms with Gasteiger partial charge in [0, 0.05) is 6.54 Å². The number of amides is 2. The first-order chi connectivity index (χ1) is 7.24. The highest BCUT2D eigenvalue weighted by Gasteiger charge is 2.42. The molecular formula is C10H16N2O2S. The van der Waals surface area contributed by atoms with Crippen LogP contribution in [-0.4, -0.2) is 47.4 Å². The Balaban J connectivity index is 2.03. The fraction of sp³-hybridized carbons (Fsp3) is 0.800. The maximum atomic E-state index is 12.0. The summed E-state index contributed by atoms with van der Waals surface area (Å²) in [6.45, 7) is 0.757. The van der Waals surface area contributed by atoms with E-state index in [1.165, 1.54) is 0 Å². The molecule has 2 amide bonds. The smallest absolute Gasteiger partial charge is 0.245 e. The number of rotatable bonds is 3. The summed E-state index contributed by atoms with van der Waals surface area (Å²) in [5, 5.41) is 2.83. The van der Waals surface area contributed by atoms with E-state index >= 15 is 0 Å². The van der Waals surface area contributed by atoms with Gasteiger partial charge in [-0.25, -0.2) is 0 Å². The minimum atomic E-state index is -0.278. The lowest BCUT2D eigenvalue weighted by atomic mass is 10.1. The van der Waals surface area contributed by atoms with Crippen molar-refractivity contribution in [3.8, 4) is 0 Å². The molecule has 1 N–H and O–H groups in total. The van der Waals surface area contributed by atoms with Crippen molar-refractivity contribution in [2.45, 2.75) is 31.3 Å². The van der Waals surface area contributed by atoms with Gasteiger partial charge < -0.3 is 10.2 Å². The molecule has 1 unspecified atom stereocenters. The highest BCUT2D eigenvalue weighted by molar-refractivity contribution is 7.98. The van der Waals surface area contributed by atoms with Crippen LogP contribution in [0.4, 0.5) is 0 Å². The number of hydrogen-bond acceptors (Lipinski definition) is 3. The molecule has 84 valence electrons. The number of thioether (sulfide) groups is 1. The van der Waals surface area contributed by atoms with E-state index < -0.39 is 0 Å². The van der Waals surface area contributed by atoms with Gasteiger partial charge in [-0.2, -0.15) is 11.8 Å². The molecule has 2 rings (SSSR count). The Morgan fingerprint density at radius 3 is 3.07 bits per heavy atom. The molecule has 2 aliphatic heterocycles. The summed E-state index contributed by atoms with van der Waals surface area (Å²) in [5.41, 5.74) is 0. The van der Waals surface area contributed by atoms with Crippen molar-refractivity contribution in [3.63, 3.8) is 0 Å². The van der Waals surface area contributed by atoms with Crippen LogP contribution in [0.15, 0.2) is 0 Å². The highest BCUT2D eigenvalue weighted by Crippen LogP contribution is 2.23. The van der Waals surface area contributed by atoms with E-state index in [-0.39, 0.29) is 23.9 Å². The third-order valence-corrected chi connectivity index (χ3v) is 3.71. The number of piperazine rings is 1. The molecule has 2 saturated heterocycles. The van der Waals surface area contributed by atoms with Crippen molar-refractivity contribution < 1.29 is 9.59 Å². The summed E-state index contributed by atoms with van der Waals surface area (Å²) in [5.74, 6) is 1.07. The van der Waals surface area contributed by atoms with Crippen LogP contribution in [0.5, 0.6) is 0 Å². The zero-order chi connectivity index (χ0) is 10.8. The third kappa shape index (κ3) is 1.97.